The highest BCUT2D eigenvalue weighted by molar-refractivity contribution is 5.91. The van der Waals surface area contributed by atoms with Crippen LogP contribution in [0.4, 0.5) is 0 Å². The molecule has 0 atom stereocenters. The van der Waals surface area contributed by atoms with E-state index in [0.717, 1.165) is 17.1 Å². The molecule has 2 heterocycles. The molecule has 0 saturated heterocycles. The van der Waals surface area contributed by atoms with Gasteiger partial charge in [-0.1, -0.05) is 0 Å². The lowest BCUT2D eigenvalue weighted by molar-refractivity contribution is -0.116. The smallest absolute Gasteiger partial charge is 0.244 e. The van der Waals surface area contributed by atoms with E-state index in [2.05, 4.69) is 20.5 Å². The number of carbonyl (C=O) groups excluding carboxylic acids is 1. The van der Waals surface area contributed by atoms with Crippen LogP contribution in [0.15, 0.2) is 46.9 Å². The number of hydrogen-bond acceptors (Lipinski definition) is 5. The topological polar surface area (TPSA) is 93.0 Å². The van der Waals surface area contributed by atoms with Gasteiger partial charge < -0.3 is 14.5 Å². The lowest BCUT2D eigenvalue weighted by Crippen LogP contribution is -2.20. The van der Waals surface area contributed by atoms with Gasteiger partial charge >= 0.3 is 0 Å². The maximum Gasteiger partial charge on any atom is 0.244 e. The Bertz CT molecular complexity index is 878. The second-order valence-electron chi connectivity index (χ2n) is 5.33. The Morgan fingerprint density at radius 3 is 2.76 bits per heavy atom. The van der Waals surface area contributed by atoms with E-state index in [1.54, 1.807) is 19.3 Å². The molecule has 1 aromatic carbocycles. The second-order valence-corrected chi connectivity index (χ2v) is 5.33. The minimum absolute atomic E-state index is 0.239. The molecule has 0 saturated carbocycles. The first-order valence-electron chi connectivity index (χ1n) is 7.72. The van der Waals surface area contributed by atoms with Gasteiger partial charge in [-0.3, -0.25) is 9.89 Å². The number of nitrogens with zero attached hydrogens (tertiary/aromatic N) is 2. The first-order valence-corrected chi connectivity index (χ1v) is 7.72. The molecular weight excluding hydrogens is 320 g/mol. The monoisotopic (exact) mass is 338 g/mol. The van der Waals surface area contributed by atoms with E-state index in [4.69, 9.17) is 9.15 Å². The predicted octanol–water partition coefficient (Wildman–Crippen LogP) is 2.71. The van der Waals surface area contributed by atoms with Gasteiger partial charge in [0, 0.05) is 11.6 Å². The molecule has 25 heavy (non-hydrogen) atoms. The molecule has 128 valence electrons. The molecule has 7 nitrogen and oxygen atoms in total. The maximum absolute atomic E-state index is 11.8. The van der Waals surface area contributed by atoms with Crippen molar-refractivity contribution in [2.45, 2.75) is 13.5 Å². The lowest BCUT2D eigenvalue weighted by atomic mass is 10.2. The van der Waals surface area contributed by atoms with Crippen LogP contribution in [0, 0.1) is 6.92 Å². The van der Waals surface area contributed by atoms with Gasteiger partial charge in [0.05, 0.1) is 13.7 Å². The Hall–Kier alpha value is -3.35. The third-order valence-corrected chi connectivity index (χ3v) is 3.47. The predicted molar refractivity (Wildman–Crippen MR) is 92.7 cm³/mol. The fourth-order valence-electron chi connectivity index (χ4n) is 2.17. The molecular formula is C18H18N4O3. The average molecular weight is 338 g/mol. The van der Waals surface area contributed by atoms with Crippen LogP contribution in [-0.4, -0.2) is 28.2 Å². The molecule has 0 aliphatic carbocycles. The number of benzene rings is 1. The number of carbonyl (C=O) groups is 1. The molecule has 0 radical (unpaired) electrons. The highest BCUT2D eigenvalue weighted by Crippen LogP contribution is 2.18. The lowest BCUT2D eigenvalue weighted by Gasteiger charge is -1.99. The number of aromatic nitrogens is 3. The van der Waals surface area contributed by atoms with Crippen molar-refractivity contribution in [3.8, 4) is 17.1 Å². The Labute approximate surface area is 144 Å². The number of ether oxygens (including phenoxy) is 1. The summed E-state index contributed by atoms with van der Waals surface area (Å²) in [6.45, 7) is 2.10. The van der Waals surface area contributed by atoms with Gasteiger partial charge in [-0.05, 0) is 49.4 Å². The summed E-state index contributed by atoms with van der Waals surface area (Å²) in [6, 6.07) is 11.1. The third kappa shape index (κ3) is 4.35. The number of H-pyrrole nitrogens is 1. The number of aryl methyl sites for hydroxylation is 1. The van der Waals surface area contributed by atoms with Crippen LogP contribution in [0.5, 0.6) is 5.75 Å². The third-order valence-electron chi connectivity index (χ3n) is 3.47. The van der Waals surface area contributed by atoms with Crippen molar-refractivity contribution in [2.24, 2.45) is 0 Å². The largest absolute Gasteiger partial charge is 0.497 e. The van der Waals surface area contributed by atoms with Crippen molar-refractivity contribution in [1.82, 2.24) is 20.5 Å². The molecule has 0 spiro atoms. The summed E-state index contributed by atoms with van der Waals surface area (Å²) >= 11 is 0. The summed E-state index contributed by atoms with van der Waals surface area (Å²) in [7, 11) is 1.62. The Morgan fingerprint density at radius 1 is 1.28 bits per heavy atom. The van der Waals surface area contributed by atoms with Gasteiger partial charge in [-0.25, -0.2) is 4.98 Å². The van der Waals surface area contributed by atoms with Gasteiger partial charge in [0.25, 0.3) is 0 Å². The Kier molecular flexibility index (Phi) is 4.94. The first kappa shape index (κ1) is 16.5. The first-order chi connectivity index (χ1) is 12.1. The van der Waals surface area contributed by atoms with Crippen LogP contribution in [0.3, 0.4) is 0 Å². The standard InChI is InChI=1S/C18H18N4O3/c1-12-3-6-15(25-12)9-10-17(23)19-11-16-20-18(22-21-16)13-4-7-14(24-2)8-5-13/h3-10H,11H2,1-2H3,(H,19,23)(H,20,21,22). The number of amides is 1. The van der Waals surface area contributed by atoms with Crippen molar-refractivity contribution in [2.75, 3.05) is 7.11 Å². The summed E-state index contributed by atoms with van der Waals surface area (Å²) < 4.78 is 10.5. The van der Waals surface area contributed by atoms with Crippen molar-refractivity contribution in [3.63, 3.8) is 0 Å². The average Bonchev–Trinajstić information content (AvgIpc) is 3.27. The van der Waals surface area contributed by atoms with Crippen molar-refractivity contribution < 1.29 is 13.9 Å². The number of nitrogens with one attached hydrogen (secondary N) is 2. The van der Waals surface area contributed by atoms with E-state index >= 15 is 0 Å². The normalized spacial score (nSPS) is 11.0. The van der Waals surface area contributed by atoms with Crippen LogP contribution < -0.4 is 10.1 Å². The highest BCUT2D eigenvalue weighted by atomic mass is 16.5. The number of methoxy groups -OCH3 is 1. The fraction of sp³-hybridized carbons (Fsp3) is 0.167. The number of aromatic amines is 1. The SMILES string of the molecule is COc1ccc(-c2n[nH]c(CNC(=O)C=Cc3ccc(C)o3)n2)cc1. The van der Waals surface area contributed by atoms with E-state index in [-0.39, 0.29) is 12.5 Å². The van der Waals surface area contributed by atoms with Gasteiger partial charge in [-0.2, -0.15) is 5.10 Å². The highest BCUT2D eigenvalue weighted by Gasteiger charge is 2.07. The zero-order chi connectivity index (χ0) is 17.6. The van der Waals surface area contributed by atoms with E-state index in [1.165, 1.54) is 6.08 Å². The van der Waals surface area contributed by atoms with Crippen LogP contribution in [0.25, 0.3) is 17.5 Å². The zero-order valence-electron chi connectivity index (χ0n) is 13.9. The number of furan rings is 1. The van der Waals surface area contributed by atoms with Gasteiger partial charge in [-0.15, -0.1) is 0 Å². The summed E-state index contributed by atoms with van der Waals surface area (Å²) in [5, 5.41) is 9.71. The Balaban J connectivity index is 1.55. The number of hydrogen-bond donors (Lipinski definition) is 2. The molecule has 0 aliphatic rings. The summed E-state index contributed by atoms with van der Waals surface area (Å²) in [4.78, 5) is 16.2. The molecule has 0 bridgehead atoms. The molecule has 0 aliphatic heterocycles. The van der Waals surface area contributed by atoms with Gasteiger partial charge in [0.1, 0.15) is 23.1 Å². The minimum Gasteiger partial charge on any atom is -0.497 e. The van der Waals surface area contributed by atoms with Crippen molar-refractivity contribution in [3.05, 3.63) is 59.8 Å². The summed E-state index contributed by atoms with van der Waals surface area (Å²) in [5.74, 6) is 3.10. The molecule has 3 rings (SSSR count). The van der Waals surface area contributed by atoms with Gasteiger partial charge in [0.2, 0.25) is 5.91 Å². The summed E-state index contributed by atoms with van der Waals surface area (Å²) in [5.41, 5.74) is 0.864. The van der Waals surface area contributed by atoms with Crippen LogP contribution in [0.1, 0.15) is 17.3 Å². The summed E-state index contributed by atoms with van der Waals surface area (Å²) in [6.07, 6.45) is 3.03. The zero-order valence-corrected chi connectivity index (χ0v) is 13.9. The molecule has 0 unspecified atom stereocenters. The second kappa shape index (κ2) is 7.48. The number of rotatable bonds is 6. The van der Waals surface area contributed by atoms with E-state index in [9.17, 15) is 4.79 Å². The van der Waals surface area contributed by atoms with Crippen molar-refractivity contribution >= 4 is 12.0 Å². The molecule has 2 N–H and O–H groups in total. The van der Waals surface area contributed by atoms with Crippen LogP contribution in [-0.2, 0) is 11.3 Å². The molecule has 1 amide bonds. The van der Waals surface area contributed by atoms with E-state index in [1.807, 2.05) is 37.3 Å². The van der Waals surface area contributed by atoms with Crippen molar-refractivity contribution in [1.29, 1.82) is 0 Å². The quantitative estimate of drug-likeness (QED) is 0.674. The van der Waals surface area contributed by atoms with E-state index < -0.39 is 0 Å². The molecule has 2 aromatic heterocycles. The molecule has 3 aromatic rings. The minimum atomic E-state index is -0.239. The molecule has 0 fully saturated rings. The molecule has 7 heteroatoms. The van der Waals surface area contributed by atoms with Gasteiger partial charge in [0.15, 0.2) is 5.82 Å². The maximum atomic E-state index is 11.8. The fourth-order valence-corrected chi connectivity index (χ4v) is 2.17. The van der Waals surface area contributed by atoms with E-state index in [0.29, 0.717) is 17.4 Å². The van der Waals surface area contributed by atoms with Crippen LogP contribution in [0.2, 0.25) is 0 Å². The van der Waals surface area contributed by atoms with Crippen LogP contribution >= 0.6 is 0 Å². The Morgan fingerprint density at radius 2 is 2.08 bits per heavy atom.